The van der Waals surface area contributed by atoms with Crippen molar-refractivity contribution in [2.45, 2.75) is 13.5 Å². The van der Waals surface area contributed by atoms with E-state index in [9.17, 15) is 9.18 Å². The van der Waals surface area contributed by atoms with E-state index in [1.54, 1.807) is 31.2 Å². The molecule has 2 aromatic carbocycles. The molecule has 0 amide bonds. The molecule has 98 valence electrons. The number of hydrogen-bond donors (Lipinski definition) is 1. The van der Waals surface area contributed by atoms with Crippen molar-refractivity contribution in [1.29, 1.82) is 0 Å². The van der Waals surface area contributed by atoms with Crippen molar-refractivity contribution in [2.75, 3.05) is 0 Å². The molecule has 0 unspecified atom stereocenters. The van der Waals surface area contributed by atoms with Gasteiger partial charge in [0.1, 0.15) is 18.2 Å². The quantitative estimate of drug-likeness (QED) is 0.916. The van der Waals surface area contributed by atoms with Gasteiger partial charge in [-0.05, 0) is 36.8 Å². The lowest BCUT2D eigenvalue weighted by atomic mass is 10.1. The Kier molecular flexibility index (Phi) is 3.80. The Morgan fingerprint density at radius 2 is 2.00 bits per heavy atom. The van der Waals surface area contributed by atoms with Gasteiger partial charge in [0.05, 0.1) is 5.56 Å². The Morgan fingerprint density at radius 3 is 2.68 bits per heavy atom. The minimum Gasteiger partial charge on any atom is -0.489 e. The second-order valence-electron chi connectivity index (χ2n) is 4.15. The fourth-order valence-corrected chi connectivity index (χ4v) is 1.79. The molecule has 0 aliphatic heterocycles. The van der Waals surface area contributed by atoms with E-state index < -0.39 is 5.97 Å². The van der Waals surface area contributed by atoms with E-state index in [-0.39, 0.29) is 18.0 Å². The molecule has 19 heavy (non-hydrogen) atoms. The molecule has 0 atom stereocenters. The largest absolute Gasteiger partial charge is 0.489 e. The maximum atomic E-state index is 13.0. The Labute approximate surface area is 110 Å². The van der Waals surface area contributed by atoms with Gasteiger partial charge in [0, 0.05) is 5.56 Å². The smallest absolute Gasteiger partial charge is 0.336 e. The molecule has 0 aromatic heterocycles. The van der Waals surface area contributed by atoms with Crippen LogP contribution >= 0.6 is 0 Å². The third kappa shape index (κ3) is 3.10. The molecular formula is C15H13FO3. The molecule has 2 rings (SSSR count). The number of hydrogen-bond acceptors (Lipinski definition) is 2. The van der Waals surface area contributed by atoms with Crippen molar-refractivity contribution in [3.05, 3.63) is 65.0 Å². The monoisotopic (exact) mass is 260 g/mol. The highest BCUT2D eigenvalue weighted by Crippen LogP contribution is 2.22. The van der Waals surface area contributed by atoms with Crippen LogP contribution in [-0.4, -0.2) is 11.1 Å². The second-order valence-corrected chi connectivity index (χ2v) is 4.15. The topological polar surface area (TPSA) is 46.5 Å². The first-order valence-corrected chi connectivity index (χ1v) is 5.78. The Balaban J connectivity index is 2.16. The summed E-state index contributed by atoms with van der Waals surface area (Å²) >= 11 is 0. The number of carbonyl (C=O) groups is 1. The van der Waals surface area contributed by atoms with Crippen molar-refractivity contribution < 1.29 is 19.0 Å². The molecule has 0 radical (unpaired) electrons. The maximum absolute atomic E-state index is 13.0. The molecule has 3 nitrogen and oxygen atoms in total. The van der Waals surface area contributed by atoms with Gasteiger partial charge < -0.3 is 9.84 Å². The van der Waals surface area contributed by atoms with Gasteiger partial charge in [-0.25, -0.2) is 9.18 Å². The predicted molar refractivity (Wildman–Crippen MR) is 68.9 cm³/mol. The molecular weight excluding hydrogens is 247 g/mol. The van der Waals surface area contributed by atoms with Crippen molar-refractivity contribution in [3.8, 4) is 5.75 Å². The number of halogens is 1. The average molecular weight is 260 g/mol. The van der Waals surface area contributed by atoms with Gasteiger partial charge in [0.2, 0.25) is 0 Å². The van der Waals surface area contributed by atoms with Gasteiger partial charge >= 0.3 is 5.97 Å². The highest BCUT2D eigenvalue weighted by molar-refractivity contribution is 5.90. The third-order valence-corrected chi connectivity index (χ3v) is 2.80. The summed E-state index contributed by atoms with van der Waals surface area (Å²) in [5, 5.41) is 9.01. The fourth-order valence-electron chi connectivity index (χ4n) is 1.79. The van der Waals surface area contributed by atoms with Crippen LogP contribution in [0.3, 0.4) is 0 Å². The number of carboxylic acids is 1. The van der Waals surface area contributed by atoms with Crippen molar-refractivity contribution in [2.24, 2.45) is 0 Å². The minimum absolute atomic E-state index is 0.196. The lowest BCUT2D eigenvalue weighted by molar-refractivity contribution is 0.0695. The summed E-state index contributed by atoms with van der Waals surface area (Å²) in [6, 6.07) is 10.9. The average Bonchev–Trinajstić information content (AvgIpc) is 2.37. The lowest BCUT2D eigenvalue weighted by Crippen LogP contribution is -2.03. The van der Waals surface area contributed by atoms with Crippen LogP contribution in [-0.2, 0) is 6.61 Å². The summed E-state index contributed by atoms with van der Waals surface area (Å²) in [5.41, 5.74) is 1.46. The van der Waals surface area contributed by atoms with Crippen LogP contribution in [0.5, 0.6) is 5.75 Å². The number of rotatable bonds is 4. The maximum Gasteiger partial charge on any atom is 0.336 e. The summed E-state index contributed by atoms with van der Waals surface area (Å²) in [6.07, 6.45) is 0. The second kappa shape index (κ2) is 5.52. The van der Waals surface area contributed by atoms with Crippen molar-refractivity contribution in [1.82, 2.24) is 0 Å². The van der Waals surface area contributed by atoms with Gasteiger partial charge in [-0.15, -0.1) is 0 Å². The van der Waals surface area contributed by atoms with Gasteiger partial charge in [-0.2, -0.15) is 0 Å². The molecule has 0 aliphatic rings. The molecule has 0 bridgehead atoms. The summed E-state index contributed by atoms with van der Waals surface area (Å²) in [6.45, 7) is 1.88. The van der Waals surface area contributed by atoms with E-state index in [1.165, 1.54) is 18.2 Å². The zero-order chi connectivity index (χ0) is 13.8. The molecule has 0 saturated heterocycles. The van der Waals surface area contributed by atoms with Gasteiger partial charge in [-0.1, -0.05) is 18.2 Å². The molecule has 0 saturated carbocycles. The molecule has 0 fully saturated rings. The molecule has 1 N–H and O–H groups in total. The SMILES string of the molecule is Cc1c(OCc2cccc(F)c2)cccc1C(=O)O. The highest BCUT2D eigenvalue weighted by Gasteiger charge is 2.10. The summed E-state index contributed by atoms with van der Waals surface area (Å²) in [5.74, 6) is -0.824. The standard InChI is InChI=1S/C15H13FO3/c1-10-13(15(17)18)6-3-7-14(10)19-9-11-4-2-5-12(16)8-11/h2-8H,9H2,1H3,(H,17,18). The summed E-state index contributed by atoms with van der Waals surface area (Å²) < 4.78 is 18.5. The van der Waals surface area contributed by atoms with E-state index in [0.717, 1.165) is 0 Å². The Bertz CT molecular complexity index is 608. The first kappa shape index (κ1) is 13.1. The summed E-state index contributed by atoms with van der Waals surface area (Å²) in [4.78, 5) is 11.0. The van der Waals surface area contributed by atoms with Crippen LogP contribution in [0, 0.1) is 12.7 Å². The number of benzene rings is 2. The predicted octanol–water partition coefficient (Wildman–Crippen LogP) is 3.41. The van der Waals surface area contributed by atoms with Gasteiger partial charge in [-0.3, -0.25) is 0 Å². The number of carboxylic acid groups (broad SMARTS) is 1. The van der Waals surface area contributed by atoms with E-state index in [0.29, 0.717) is 16.9 Å². The normalized spacial score (nSPS) is 10.2. The lowest BCUT2D eigenvalue weighted by Gasteiger charge is -2.11. The molecule has 0 spiro atoms. The van der Waals surface area contributed by atoms with E-state index >= 15 is 0 Å². The Hall–Kier alpha value is -2.36. The van der Waals surface area contributed by atoms with Gasteiger partial charge in [0.25, 0.3) is 0 Å². The van der Waals surface area contributed by atoms with Crippen LogP contribution in [0.4, 0.5) is 4.39 Å². The Morgan fingerprint density at radius 1 is 1.26 bits per heavy atom. The number of aromatic carboxylic acids is 1. The van der Waals surface area contributed by atoms with Gasteiger partial charge in [0.15, 0.2) is 0 Å². The number of ether oxygens (including phenoxy) is 1. The van der Waals surface area contributed by atoms with Crippen LogP contribution in [0.2, 0.25) is 0 Å². The van der Waals surface area contributed by atoms with Crippen molar-refractivity contribution >= 4 is 5.97 Å². The highest BCUT2D eigenvalue weighted by atomic mass is 19.1. The van der Waals surface area contributed by atoms with Crippen LogP contribution in [0.1, 0.15) is 21.5 Å². The van der Waals surface area contributed by atoms with Crippen LogP contribution < -0.4 is 4.74 Å². The first-order chi connectivity index (χ1) is 9.08. The van der Waals surface area contributed by atoms with E-state index in [2.05, 4.69) is 0 Å². The zero-order valence-electron chi connectivity index (χ0n) is 10.4. The first-order valence-electron chi connectivity index (χ1n) is 5.78. The van der Waals surface area contributed by atoms with Crippen LogP contribution in [0.25, 0.3) is 0 Å². The van der Waals surface area contributed by atoms with E-state index in [4.69, 9.17) is 9.84 Å². The molecule has 4 heteroatoms. The molecule has 0 heterocycles. The fraction of sp³-hybridized carbons (Fsp3) is 0.133. The molecule has 2 aromatic rings. The van der Waals surface area contributed by atoms with Crippen LogP contribution in [0.15, 0.2) is 42.5 Å². The third-order valence-electron chi connectivity index (χ3n) is 2.80. The van der Waals surface area contributed by atoms with Crippen molar-refractivity contribution in [3.63, 3.8) is 0 Å². The zero-order valence-corrected chi connectivity index (χ0v) is 10.4. The molecule has 0 aliphatic carbocycles. The minimum atomic E-state index is -0.992. The van der Waals surface area contributed by atoms with E-state index in [1.807, 2.05) is 0 Å². The summed E-state index contributed by atoms with van der Waals surface area (Å²) in [7, 11) is 0.